The van der Waals surface area contributed by atoms with Crippen LogP contribution in [0.15, 0.2) is 0 Å². The van der Waals surface area contributed by atoms with Crippen LogP contribution in [0.2, 0.25) is 0 Å². The molecule has 13 heteroatoms. The monoisotopic (exact) mass is 654 g/mol. The van der Waals surface area contributed by atoms with Gasteiger partial charge in [-0.15, -0.1) is 0 Å². The molecule has 0 fully saturated rings. The van der Waals surface area contributed by atoms with Crippen LogP contribution in [0.25, 0.3) is 0 Å². The maximum atomic E-state index is 0. The van der Waals surface area contributed by atoms with E-state index in [0.717, 1.165) is 0 Å². The number of hydrogen-bond donors (Lipinski definition) is 0. The minimum Gasteiger partial charge on any atom is -2.00 e. The minimum atomic E-state index is 0. The number of rotatable bonds is 0. The van der Waals surface area contributed by atoms with Gasteiger partial charge in [0.25, 0.3) is 0 Å². The summed E-state index contributed by atoms with van der Waals surface area (Å²) in [5.74, 6) is 0. The zero-order valence-corrected chi connectivity index (χ0v) is 16.2. The van der Waals surface area contributed by atoms with Crippen molar-refractivity contribution in [1.29, 1.82) is 0 Å². The summed E-state index contributed by atoms with van der Waals surface area (Å²) in [6.07, 6.45) is 0. The van der Waals surface area contributed by atoms with Gasteiger partial charge in [-0.05, 0) is 0 Å². The Labute approximate surface area is 128 Å². The first kappa shape index (κ1) is 630. The van der Waals surface area contributed by atoms with Crippen molar-refractivity contribution < 1.29 is 94.0 Å². The van der Waals surface area contributed by atoms with Crippen LogP contribution in [-0.4, -0.2) is 35.2 Å². The molecule has 72 valence electrons. The summed E-state index contributed by atoms with van der Waals surface area (Å²) >= 11 is 0. The van der Waals surface area contributed by atoms with Gasteiger partial charge in [-0.1, -0.05) is 0 Å². The summed E-state index contributed by atoms with van der Waals surface area (Å²) in [4.78, 5) is 0. The molecule has 0 rings (SSSR count). The van der Waals surface area contributed by atoms with E-state index in [-0.39, 0.29) is 129 Å². The first-order valence-corrected chi connectivity index (χ1v) is 0. The van der Waals surface area contributed by atoms with Crippen molar-refractivity contribution >= 4 is 35.2 Å². The van der Waals surface area contributed by atoms with E-state index in [9.17, 15) is 0 Å². The van der Waals surface area contributed by atoms with Crippen LogP contribution >= 0.6 is 0 Å². The van der Waals surface area contributed by atoms with Gasteiger partial charge < -0.3 is 49.3 Å². The molecule has 0 aromatic rings. The van der Waals surface area contributed by atoms with Gasteiger partial charge in [0.05, 0.1) is 0 Å². The van der Waals surface area contributed by atoms with Crippen LogP contribution in [0.4, 0.5) is 0 Å². The SMILES string of the molecule is [Ge+4].[Ge+4].[O-2].[O-2].[O-2].[O-2].[O-2].[O-2].[O-2].[O-2].[O-2].[Ta+5].[Ta+5]. The Morgan fingerprint density at radius 2 is 0.231 bits per heavy atom. The predicted octanol–water partition coefficient (Wildman–Crippen LogP) is -1.84. The zero-order valence-electron chi connectivity index (χ0n) is 5.57. The first-order chi connectivity index (χ1) is 0. The zero-order chi connectivity index (χ0) is 0. The Morgan fingerprint density at radius 1 is 0.231 bits per heavy atom. The maximum Gasteiger partial charge on any atom is 5.00 e. The Balaban J connectivity index is 0. The fourth-order valence-electron chi connectivity index (χ4n) is 0. The van der Waals surface area contributed by atoms with Gasteiger partial charge in [0, 0.05) is 0 Å². The second kappa shape index (κ2) is 509. The summed E-state index contributed by atoms with van der Waals surface area (Å²) in [5, 5.41) is 0. The van der Waals surface area contributed by atoms with Crippen molar-refractivity contribution in [3.63, 3.8) is 0 Å². The van der Waals surface area contributed by atoms with Crippen LogP contribution in [-0.2, 0) is 94.0 Å². The third kappa shape index (κ3) is 435. The Hall–Kier alpha value is 2.21. The fourth-order valence-corrected chi connectivity index (χ4v) is 0. The van der Waals surface area contributed by atoms with E-state index < -0.39 is 0 Å². The van der Waals surface area contributed by atoms with Gasteiger partial charge in [0.1, 0.15) is 0 Å². The Bertz CT molecular complexity index is 15.6. The Kier molecular flexibility index (Phi) is 24700. The van der Waals surface area contributed by atoms with Crippen molar-refractivity contribution in [3.05, 3.63) is 0 Å². The minimum absolute atomic E-state index is 0. The molecule has 0 aromatic carbocycles. The van der Waals surface area contributed by atoms with Gasteiger partial charge in [0.2, 0.25) is 0 Å². The Morgan fingerprint density at radius 3 is 0.231 bits per heavy atom. The third-order valence-corrected chi connectivity index (χ3v) is 0. The van der Waals surface area contributed by atoms with Crippen LogP contribution in [0.5, 0.6) is 0 Å². The van der Waals surface area contributed by atoms with Gasteiger partial charge in [0.15, 0.2) is 0 Å². The molecule has 0 aliphatic rings. The van der Waals surface area contributed by atoms with E-state index in [1.807, 2.05) is 0 Å². The molecule has 0 amide bonds. The van der Waals surface area contributed by atoms with Gasteiger partial charge in [-0.25, -0.2) is 0 Å². The molecule has 0 unspecified atom stereocenters. The van der Waals surface area contributed by atoms with Crippen molar-refractivity contribution in [2.75, 3.05) is 0 Å². The third-order valence-electron chi connectivity index (χ3n) is 0. The molecule has 0 saturated carbocycles. The summed E-state index contributed by atoms with van der Waals surface area (Å²) in [6, 6.07) is 0. The van der Waals surface area contributed by atoms with E-state index in [1.54, 1.807) is 0 Å². The van der Waals surface area contributed by atoms with Gasteiger partial charge in [-0.3, -0.25) is 0 Å². The van der Waals surface area contributed by atoms with E-state index in [0.29, 0.717) is 0 Å². The maximum absolute atomic E-state index is 0. The molecule has 0 heterocycles. The number of hydrogen-bond acceptors (Lipinski definition) is 0. The van der Waals surface area contributed by atoms with Crippen LogP contribution in [0.1, 0.15) is 0 Å². The molecule has 0 spiro atoms. The molecule has 0 atom stereocenters. The van der Waals surface area contributed by atoms with Crippen LogP contribution < -0.4 is 0 Å². The van der Waals surface area contributed by atoms with Crippen molar-refractivity contribution in [3.8, 4) is 0 Å². The molecular weight excluding hydrogens is 651 g/mol. The van der Waals surface area contributed by atoms with Crippen molar-refractivity contribution in [2.24, 2.45) is 0 Å². The summed E-state index contributed by atoms with van der Waals surface area (Å²) in [6.45, 7) is 0. The molecule has 0 aliphatic carbocycles. The predicted molar refractivity (Wildman–Crippen MR) is 17.7 cm³/mol. The molecule has 0 saturated heterocycles. The molecule has 0 N–H and O–H groups in total. The molecule has 0 bridgehead atoms. The summed E-state index contributed by atoms with van der Waals surface area (Å²) in [5.41, 5.74) is 0. The van der Waals surface area contributed by atoms with Crippen LogP contribution in [0, 0.1) is 0 Å². The quantitative estimate of drug-likeness (QED) is 0.262. The van der Waals surface area contributed by atoms with E-state index in [1.165, 1.54) is 0 Å². The molecule has 13 heavy (non-hydrogen) atoms. The second-order valence-corrected chi connectivity index (χ2v) is 0. The smallest absolute Gasteiger partial charge is 2.00 e. The average Bonchev–Trinajstić information content (AvgIpc) is 0. The standard InChI is InChI=1S/2Ge.9O.2Ta/q2*+4;9*-2;2*+5. The molecule has 0 radical (unpaired) electrons. The normalized spacial score (nSPS) is 0. The average molecular weight is 651 g/mol. The van der Waals surface area contributed by atoms with Crippen molar-refractivity contribution in [2.45, 2.75) is 0 Å². The topological polar surface area (TPSA) is 256 Å². The summed E-state index contributed by atoms with van der Waals surface area (Å²) < 4.78 is 0. The van der Waals surface area contributed by atoms with Gasteiger partial charge >= 0.3 is 80.0 Å². The molecule has 9 nitrogen and oxygen atoms in total. The van der Waals surface area contributed by atoms with E-state index in [2.05, 4.69) is 0 Å². The van der Waals surface area contributed by atoms with Gasteiger partial charge in [-0.2, -0.15) is 0 Å². The molecule has 0 aliphatic heterocycles. The molecule has 0 aromatic heterocycles. The second-order valence-electron chi connectivity index (χ2n) is 0. The largest absolute Gasteiger partial charge is 5.00 e. The van der Waals surface area contributed by atoms with Crippen LogP contribution in [0.3, 0.4) is 0 Å². The first-order valence-electron chi connectivity index (χ1n) is 0. The van der Waals surface area contributed by atoms with E-state index in [4.69, 9.17) is 0 Å². The fraction of sp³-hybridized carbons (Fsp3) is 0. The van der Waals surface area contributed by atoms with E-state index >= 15 is 0 Å². The van der Waals surface area contributed by atoms with Crippen molar-refractivity contribution in [1.82, 2.24) is 0 Å². The molecular formula is Ge2O9Ta2. The summed E-state index contributed by atoms with van der Waals surface area (Å²) in [7, 11) is 0.